The maximum absolute atomic E-state index is 5.41. The number of rotatable bonds is 6. The Morgan fingerprint density at radius 2 is 0.845 bits per heavy atom. The highest BCUT2D eigenvalue weighted by atomic mass is 15.0. The standard InChI is InChI=1S/C55H37N3/c1-55(39-23-9-4-10-24-39)48-30-16-15-28-47(48)50-45(29-17-31-49(50)55)44-34-35-46(43-27-14-13-26-42(43)44)53-56-52(38-21-7-3-8-22-38)57-54(58-53)51-40-25-12-11-20-37(40)32-33-41(51)36-18-5-2-6-19-36/h2-35H,1H3. The molecule has 3 heteroatoms. The summed E-state index contributed by atoms with van der Waals surface area (Å²) in [5.41, 5.74) is 13.7. The van der Waals surface area contributed by atoms with Crippen molar-refractivity contribution >= 4 is 21.5 Å². The van der Waals surface area contributed by atoms with Gasteiger partial charge in [0.1, 0.15) is 0 Å². The minimum Gasteiger partial charge on any atom is -0.208 e. The Hall–Kier alpha value is -7.49. The number of fused-ring (bicyclic) bond motifs is 5. The highest BCUT2D eigenvalue weighted by molar-refractivity contribution is 6.08. The summed E-state index contributed by atoms with van der Waals surface area (Å²) in [6.45, 7) is 2.37. The van der Waals surface area contributed by atoms with Gasteiger partial charge in [-0.1, -0.05) is 200 Å². The molecule has 1 heterocycles. The molecule has 1 aliphatic carbocycles. The fourth-order valence-electron chi connectivity index (χ4n) is 9.27. The molecule has 0 aliphatic heterocycles. The second-order valence-corrected chi connectivity index (χ2v) is 15.2. The monoisotopic (exact) mass is 739 g/mol. The molecule has 58 heavy (non-hydrogen) atoms. The van der Waals surface area contributed by atoms with Gasteiger partial charge in [-0.25, -0.2) is 15.0 Å². The maximum atomic E-state index is 5.41. The molecule has 1 aromatic heterocycles. The SMILES string of the molecule is CC1(c2ccccc2)c2ccccc2-c2c(-c3ccc(-c4nc(-c5ccccc5)nc(-c5c(-c6ccccc6)ccc6ccccc56)n4)c4ccccc34)cccc21. The summed E-state index contributed by atoms with van der Waals surface area (Å²) in [5.74, 6) is 1.92. The predicted octanol–water partition coefficient (Wildman–Crippen LogP) is 13.8. The van der Waals surface area contributed by atoms with Crippen LogP contribution in [-0.4, -0.2) is 15.0 Å². The number of benzene rings is 9. The summed E-state index contributed by atoms with van der Waals surface area (Å²) >= 11 is 0. The first kappa shape index (κ1) is 33.8. The van der Waals surface area contributed by atoms with E-state index in [1.54, 1.807) is 0 Å². The number of hydrogen-bond acceptors (Lipinski definition) is 3. The lowest BCUT2D eigenvalue weighted by Crippen LogP contribution is -2.22. The zero-order valence-corrected chi connectivity index (χ0v) is 32.0. The molecule has 0 radical (unpaired) electrons. The topological polar surface area (TPSA) is 38.7 Å². The predicted molar refractivity (Wildman–Crippen MR) is 239 cm³/mol. The van der Waals surface area contributed by atoms with Gasteiger partial charge in [-0.3, -0.25) is 0 Å². The van der Waals surface area contributed by atoms with Gasteiger partial charge in [0.2, 0.25) is 0 Å². The van der Waals surface area contributed by atoms with Crippen molar-refractivity contribution in [3.8, 4) is 67.5 Å². The van der Waals surface area contributed by atoms with Crippen LogP contribution >= 0.6 is 0 Å². The Morgan fingerprint density at radius 1 is 0.310 bits per heavy atom. The van der Waals surface area contributed by atoms with Crippen LogP contribution in [0.4, 0.5) is 0 Å². The normalized spacial score (nSPS) is 14.4. The third-order valence-electron chi connectivity index (χ3n) is 12.0. The van der Waals surface area contributed by atoms with E-state index in [1.807, 2.05) is 18.2 Å². The second kappa shape index (κ2) is 13.6. The van der Waals surface area contributed by atoms with Crippen LogP contribution in [0.2, 0.25) is 0 Å². The lowest BCUT2D eigenvalue weighted by atomic mass is 9.74. The summed E-state index contributed by atoms with van der Waals surface area (Å²) in [6.07, 6.45) is 0. The van der Waals surface area contributed by atoms with Crippen LogP contribution in [-0.2, 0) is 5.41 Å². The molecule has 0 saturated heterocycles. The van der Waals surface area contributed by atoms with Crippen LogP contribution in [0.25, 0.3) is 89.1 Å². The Morgan fingerprint density at radius 3 is 1.62 bits per heavy atom. The molecule has 0 bridgehead atoms. The van der Waals surface area contributed by atoms with Gasteiger partial charge in [-0.15, -0.1) is 0 Å². The van der Waals surface area contributed by atoms with Gasteiger partial charge in [0.05, 0.1) is 0 Å². The minimum absolute atomic E-state index is 0.283. The average Bonchev–Trinajstić information content (AvgIpc) is 3.57. The number of hydrogen-bond donors (Lipinski definition) is 0. The molecule has 272 valence electrons. The first-order valence-corrected chi connectivity index (χ1v) is 19.9. The summed E-state index contributed by atoms with van der Waals surface area (Å²) in [6, 6.07) is 73.5. The summed E-state index contributed by atoms with van der Waals surface area (Å²) in [5, 5.41) is 4.47. The van der Waals surface area contributed by atoms with Gasteiger partial charge >= 0.3 is 0 Å². The molecule has 0 fully saturated rings. The Balaban J connectivity index is 1.15. The van der Waals surface area contributed by atoms with Crippen molar-refractivity contribution in [2.75, 3.05) is 0 Å². The average molecular weight is 740 g/mol. The van der Waals surface area contributed by atoms with E-state index in [0.717, 1.165) is 49.4 Å². The van der Waals surface area contributed by atoms with Crippen LogP contribution in [0.15, 0.2) is 206 Å². The molecule has 1 atom stereocenters. The molecule has 0 saturated carbocycles. The van der Waals surface area contributed by atoms with E-state index in [-0.39, 0.29) is 5.41 Å². The molecular formula is C55H37N3. The van der Waals surface area contributed by atoms with Crippen molar-refractivity contribution in [1.82, 2.24) is 15.0 Å². The molecule has 1 aliphatic rings. The Kier molecular flexibility index (Phi) is 7.94. The lowest BCUT2D eigenvalue weighted by Gasteiger charge is -2.28. The van der Waals surface area contributed by atoms with Gasteiger partial charge in [-0.05, 0) is 84.6 Å². The molecule has 9 aromatic carbocycles. The van der Waals surface area contributed by atoms with Crippen LogP contribution in [0.3, 0.4) is 0 Å². The summed E-state index contributed by atoms with van der Waals surface area (Å²) in [7, 11) is 0. The zero-order chi connectivity index (χ0) is 38.6. The van der Waals surface area contributed by atoms with E-state index in [9.17, 15) is 0 Å². The van der Waals surface area contributed by atoms with Gasteiger partial charge in [0, 0.05) is 22.1 Å². The highest BCUT2D eigenvalue weighted by Gasteiger charge is 2.41. The van der Waals surface area contributed by atoms with Gasteiger partial charge < -0.3 is 0 Å². The van der Waals surface area contributed by atoms with Crippen molar-refractivity contribution in [2.24, 2.45) is 0 Å². The van der Waals surface area contributed by atoms with E-state index < -0.39 is 0 Å². The number of aromatic nitrogens is 3. The van der Waals surface area contributed by atoms with Crippen molar-refractivity contribution in [2.45, 2.75) is 12.3 Å². The van der Waals surface area contributed by atoms with Crippen LogP contribution in [0.1, 0.15) is 23.6 Å². The lowest BCUT2D eigenvalue weighted by molar-refractivity contribution is 0.714. The Labute approximate surface area is 338 Å². The molecular weight excluding hydrogens is 703 g/mol. The molecule has 0 N–H and O–H groups in total. The first-order valence-electron chi connectivity index (χ1n) is 19.9. The van der Waals surface area contributed by atoms with E-state index in [1.165, 1.54) is 38.9 Å². The molecule has 10 aromatic rings. The van der Waals surface area contributed by atoms with Crippen molar-refractivity contribution < 1.29 is 0 Å². The van der Waals surface area contributed by atoms with Crippen molar-refractivity contribution in [1.29, 1.82) is 0 Å². The van der Waals surface area contributed by atoms with E-state index in [2.05, 4.69) is 195 Å². The molecule has 11 rings (SSSR count). The third kappa shape index (κ3) is 5.32. The molecule has 1 unspecified atom stereocenters. The van der Waals surface area contributed by atoms with Gasteiger partial charge in [0.25, 0.3) is 0 Å². The van der Waals surface area contributed by atoms with Gasteiger partial charge in [-0.2, -0.15) is 0 Å². The van der Waals surface area contributed by atoms with Crippen molar-refractivity contribution in [3.63, 3.8) is 0 Å². The molecule has 3 nitrogen and oxygen atoms in total. The number of nitrogens with zero attached hydrogens (tertiary/aromatic N) is 3. The quantitative estimate of drug-likeness (QED) is 0.170. The third-order valence-corrected chi connectivity index (χ3v) is 12.0. The highest BCUT2D eigenvalue weighted by Crippen LogP contribution is 2.55. The van der Waals surface area contributed by atoms with E-state index >= 15 is 0 Å². The van der Waals surface area contributed by atoms with E-state index in [0.29, 0.717) is 17.5 Å². The van der Waals surface area contributed by atoms with Gasteiger partial charge in [0.15, 0.2) is 17.5 Å². The fraction of sp³-hybridized carbons (Fsp3) is 0.0364. The summed E-state index contributed by atoms with van der Waals surface area (Å²) < 4.78 is 0. The maximum Gasteiger partial charge on any atom is 0.165 e. The first-order chi connectivity index (χ1) is 28.7. The van der Waals surface area contributed by atoms with Crippen LogP contribution < -0.4 is 0 Å². The van der Waals surface area contributed by atoms with E-state index in [4.69, 9.17) is 15.0 Å². The minimum atomic E-state index is -0.283. The smallest absolute Gasteiger partial charge is 0.165 e. The summed E-state index contributed by atoms with van der Waals surface area (Å²) in [4.78, 5) is 15.9. The van der Waals surface area contributed by atoms with Crippen LogP contribution in [0.5, 0.6) is 0 Å². The van der Waals surface area contributed by atoms with Crippen LogP contribution in [0, 0.1) is 0 Å². The largest absolute Gasteiger partial charge is 0.208 e. The molecule has 0 spiro atoms. The van der Waals surface area contributed by atoms with Crippen molar-refractivity contribution in [3.05, 3.63) is 223 Å². The fourth-order valence-corrected chi connectivity index (χ4v) is 9.27. The Bertz CT molecular complexity index is 3170. The molecule has 0 amide bonds. The zero-order valence-electron chi connectivity index (χ0n) is 32.0. The second-order valence-electron chi connectivity index (χ2n) is 15.2.